The van der Waals surface area contributed by atoms with E-state index in [9.17, 15) is 4.79 Å². The maximum absolute atomic E-state index is 11.6. The zero-order chi connectivity index (χ0) is 12.2. The molecule has 16 heavy (non-hydrogen) atoms. The smallest absolute Gasteiger partial charge is 0.435 e. The first-order valence-corrected chi connectivity index (χ1v) is 5.93. The standard InChI is InChI=1S/C11H18N2O2S/c1-11(2,3)15-10(14)13-8-9(7-12-13)5-4-6-16/h7-8,16H,4-6H2,1-3H3. The molecule has 1 rings (SSSR count). The number of hydrogen-bond acceptors (Lipinski definition) is 4. The Morgan fingerprint density at radius 2 is 2.25 bits per heavy atom. The maximum Gasteiger partial charge on any atom is 0.435 e. The second-order valence-electron chi connectivity index (χ2n) is 4.60. The topological polar surface area (TPSA) is 44.1 Å². The third kappa shape index (κ3) is 4.26. The van der Waals surface area contributed by atoms with Gasteiger partial charge in [0.05, 0.1) is 6.20 Å². The Hall–Kier alpha value is -0.970. The highest BCUT2D eigenvalue weighted by Gasteiger charge is 2.18. The van der Waals surface area contributed by atoms with Crippen LogP contribution < -0.4 is 0 Å². The summed E-state index contributed by atoms with van der Waals surface area (Å²) in [6.45, 7) is 5.49. The molecular formula is C11H18N2O2S. The van der Waals surface area contributed by atoms with Gasteiger partial charge >= 0.3 is 6.09 Å². The number of rotatable bonds is 3. The molecule has 0 N–H and O–H groups in total. The molecular weight excluding hydrogens is 224 g/mol. The van der Waals surface area contributed by atoms with Gasteiger partial charge in [0, 0.05) is 6.20 Å². The summed E-state index contributed by atoms with van der Waals surface area (Å²) in [5, 5.41) is 3.97. The van der Waals surface area contributed by atoms with Crippen LogP contribution in [0.15, 0.2) is 12.4 Å². The summed E-state index contributed by atoms with van der Waals surface area (Å²) in [6, 6.07) is 0. The van der Waals surface area contributed by atoms with Crippen LogP contribution in [0.4, 0.5) is 4.79 Å². The fraction of sp³-hybridized carbons (Fsp3) is 0.636. The Kier molecular flexibility index (Phi) is 4.41. The molecule has 0 bridgehead atoms. The van der Waals surface area contributed by atoms with E-state index < -0.39 is 11.7 Å². The van der Waals surface area contributed by atoms with Gasteiger partial charge in [0.15, 0.2) is 0 Å². The Bertz CT molecular complexity index is 355. The highest BCUT2D eigenvalue weighted by Crippen LogP contribution is 2.09. The summed E-state index contributed by atoms with van der Waals surface area (Å²) in [4.78, 5) is 11.6. The van der Waals surface area contributed by atoms with Crippen molar-refractivity contribution in [3.8, 4) is 0 Å². The Morgan fingerprint density at radius 1 is 1.56 bits per heavy atom. The van der Waals surface area contributed by atoms with E-state index in [1.807, 2.05) is 20.8 Å². The van der Waals surface area contributed by atoms with Gasteiger partial charge < -0.3 is 4.74 Å². The van der Waals surface area contributed by atoms with E-state index in [0.717, 1.165) is 24.2 Å². The Labute approximate surface area is 101 Å². The first kappa shape index (κ1) is 13.1. The molecule has 0 aliphatic carbocycles. The molecule has 0 radical (unpaired) electrons. The van der Waals surface area contributed by atoms with Crippen LogP contribution in [0.2, 0.25) is 0 Å². The largest absolute Gasteiger partial charge is 0.442 e. The van der Waals surface area contributed by atoms with Crippen molar-refractivity contribution in [3.63, 3.8) is 0 Å². The summed E-state index contributed by atoms with van der Waals surface area (Å²) in [5.41, 5.74) is 0.536. The van der Waals surface area contributed by atoms with Crippen molar-refractivity contribution in [2.75, 3.05) is 5.75 Å². The number of aromatic nitrogens is 2. The molecule has 0 amide bonds. The van der Waals surface area contributed by atoms with Gasteiger partial charge in [-0.1, -0.05) is 0 Å². The average molecular weight is 242 g/mol. The maximum atomic E-state index is 11.6. The lowest BCUT2D eigenvalue weighted by molar-refractivity contribution is 0.0514. The highest BCUT2D eigenvalue weighted by molar-refractivity contribution is 7.80. The Morgan fingerprint density at radius 3 is 2.81 bits per heavy atom. The molecule has 5 heteroatoms. The lowest BCUT2D eigenvalue weighted by Crippen LogP contribution is -2.27. The van der Waals surface area contributed by atoms with Gasteiger partial charge in [-0.05, 0) is 44.9 Å². The van der Waals surface area contributed by atoms with Crippen molar-refractivity contribution in [1.82, 2.24) is 9.78 Å². The van der Waals surface area contributed by atoms with Crippen molar-refractivity contribution in [2.24, 2.45) is 0 Å². The van der Waals surface area contributed by atoms with E-state index in [-0.39, 0.29) is 0 Å². The normalized spacial score (nSPS) is 11.5. The number of carbonyl (C=O) groups excluding carboxylic acids is 1. The van der Waals surface area contributed by atoms with Crippen molar-refractivity contribution in [1.29, 1.82) is 0 Å². The minimum Gasteiger partial charge on any atom is -0.442 e. The van der Waals surface area contributed by atoms with E-state index >= 15 is 0 Å². The molecule has 1 aromatic heterocycles. The summed E-state index contributed by atoms with van der Waals surface area (Å²) in [7, 11) is 0. The average Bonchev–Trinajstić information content (AvgIpc) is 2.60. The summed E-state index contributed by atoms with van der Waals surface area (Å²) in [6.07, 6.45) is 4.81. The molecule has 0 aliphatic heterocycles. The lowest BCUT2D eigenvalue weighted by Gasteiger charge is -2.18. The van der Waals surface area contributed by atoms with E-state index in [1.54, 1.807) is 12.4 Å². The predicted molar refractivity (Wildman–Crippen MR) is 66.0 cm³/mol. The summed E-state index contributed by atoms with van der Waals surface area (Å²) >= 11 is 4.14. The Balaban J connectivity index is 2.60. The first-order valence-electron chi connectivity index (χ1n) is 5.30. The summed E-state index contributed by atoms with van der Waals surface area (Å²) in [5.74, 6) is 0.831. The fourth-order valence-electron chi connectivity index (χ4n) is 1.18. The molecule has 0 aromatic carbocycles. The van der Waals surface area contributed by atoms with Crippen molar-refractivity contribution >= 4 is 18.7 Å². The van der Waals surface area contributed by atoms with Crippen LogP contribution in [0, 0.1) is 0 Å². The van der Waals surface area contributed by atoms with Gasteiger partial charge in [-0.3, -0.25) is 0 Å². The molecule has 0 saturated carbocycles. The summed E-state index contributed by atoms with van der Waals surface area (Å²) < 4.78 is 6.42. The molecule has 1 aromatic rings. The van der Waals surface area contributed by atoms with Crippen molar-refractivity contribution < 1.29 is 9.53 Å². The monoisotopic (exact) mass is 242 g/mol. The molecule has 0 saturated heterocycles. The van der Waals surface area contributed by atoms with Gasteiger partial charge in [-0.25, -0.2) is 4.79 Å². The van der Waals surface area contributed by atoms with Crippen LogP contribution >= 0.6 is 12.6 Å². The number of nitrogens with zero attached hydrogens (tertiary/aromatic N) is 2. The minimum atomic E-state index is -0.492. The van der Waals surface area contributed by atoms with Crippen LogP contribution in [0.1, 0.15) is 32.8 Å². The van der Waals surface area contributed by atoms with Crippen LogP contribution in [-0.2, 0) is 11.2 Å². The molecule has 0 fully saturated rings. The van der Waals surface area contributed by atoms with Gasteiger partial charge in [-0.2, -0.15) is 22.4 Å². The molecule has 90 valence electrons. The zero-order valence-corrected chi connectivity index (χ0v) is 10.8. The number of hydrogen-bond donors (Lipinski definition) is 1. The lowest BCUT2D eigenvalue weighted by atomic mass is 10.2. The molecule has 0 atom stereocenters. The highest BCUT2D eigenvalue weighted by atomic mass is 32.1. The van der Waals surface area contributed by atoms with Crippen LogP contribution in [-0.4, -0.2) is 27.2 Å². The zero-order valence-electron chi connectivity index (χ0n) is 9.93. The van der Waals surface area contributed by atoms with E-state index in [1.165, 1.54) is 4.68 Å². The van der Waals surface area contributed by atoms with Gasteiger partial charge in [0.2, 0.25) is 0 Å². The molecule has 1 heterocycles. The second kappa shape index (κ2) is 5.39. The SMILES string of the molecule is CC(C)(C)OC(=O)n1cc(CCCS)cn1. The van der Waals surface area contributed by atoms with E-state index in [0.29, 0.717) is 0 Å². The molecule has 0 spiro atoms. The fourth-order valence-corrected chi connectivity index (χ4v) is 1.34. The first-order chi connectivity index (χ1) is 7.42. The van der Waals surface area contributed by atoms with Crippen molar-refractivity contribution in [2.45, 2.75) is 39.2 Å². The van der Waals surface area contributed by atoms with E-state index in [4.69, 9.17) is 4.74 Å². The van der Waals surface area contributed by atoms with Gasteiger partial charge in [0.25, 0.3) is 0 Å². The third-order valence-electron chi connectivity index (χ3n) is 1.84. The van der Waals surface area contributed by atoms with E-state index in [2.05, 4.69) is 17.7 Å². The molecule has 0 unspecified atom stereocenters. The second-order valence-corrected chi connectivity index (χ2v) is 5.05. The third-order valence-corrected chi connectivity index (χ3v) is 2.16. The van der Waals surface area contributed by atoms with Crippen LogP contribution in [0.3, 0.4) is 0 Å². The molecule has 4 nitrogen and oxygen atoms in total. The minimum absolute atomic E-state index is 0.440. The van der Waals surface area contributed by atoms with Gasteiger partial charge in [0.1, 0.15) is 5.60 Å². The predicted octanol–water partition coefficient (Wildman–Crippen LogP) is 2.53. The molecule has 0 aliphatic rings. The number of carbonyl (C=O) groups is 1. The van der Waals surface area contributed by atoms with Crippen molar-refractivity contribution in [3.05, 3.63) is 18.0 Å². The number of aryl methyl sites for hydroxylation is 1. The number of ether oxygens (including phenoxy) is 1. The number of thiol groups is 1. The quantitative estimate of drug-likeness (QED) is 0.828. The van der Waals surface area contributed by atoms with Crippen LogP contribution in [0.5, 0.6) is 0 Å². The van der Waals surface area contributed by atoms with Gasteiger partial charge in [-0.15, -0.1) is 0 Å². The van der Waals surface area contributed by atoms with Crippen LogP contribution in [0.25, 0.3) is 0 Å².